The molecule has 3 rings (SSSR count). The van der Waals surface area contributed by atoms with Crippen molar-refractivity contribution in [1.82, 2.24) is 15.5 Å². The summed E-state index contributed by atoms with van der Waals surface area (Å²) in [5.41, 5.74) is 1.10. The number of nitrogens with one attached hydrogen (secondary N) is 2. The summed E-state index contributed by atoms with van der Waals surface area (Å²) >= 11 is 1.86. The predicted octanol–water partition coefficient (Wildman–Crippen LogP) is 2.47. The molecular weight excluding hydrogens is 393 g/mol. The van der Waals surface area contributed by atoms with E-state index in [1.54, 1.807) is 7.11 Å². The van der Waals surface area contributed by atoms with Crippen LogP contribution in [0.3, 0.4) is 0 Å². The molecule has 2 N–H and O–H groups in total. The number of thiophene rings is 1. The van der Waals surface area contributed by atoms with Crippen molar-refractivity contribution in [2.45, 2.75) is 38.8 Å². The molecular formula is C18H31Cl2N3O2S. The molecule has 0 bridgehead atoms. The molecule has 2 aliphatic rings. The first-order valence-electron chi connectivity index (χ1n) is 8.92. The zero-order valence-corrected chi connectivity index (χ0v) is 18.0. The second-order valence-corrected chi connectivity index (χ2v) is 8.11. The Balaban J connectivity index is 0.00000169. The van der Waals surface area contributed by atoms with Gasteiger partial charge in [0.15, 0.2) is 0 Å². The lowest BCUT2D eigenvalue weighted by Gasteiger charge is -2.37. The highest BCUT2D eigenvalue weighted by atomic mass is 35.5. The van der Waals surface area contributed by atoms with Crippen molar-refractivity contribution in [3.63, 3.8) is 0 Å². The molecule has 2 aliphatic heterocycles. The fraction of sp³-hybridized carbons (Fsp3) is 0.722. The molecule has 1 atom stereocenters. The van der Waals surface area contributed by atoms with Crippen LogP contribution < -0.4 is 10.6 Å². The van der Waals surface area contributed by atoms with E-state index in [2.05, 4.69) is 33.9 Å². The number of piperidine rings is 1. The van der Waals surface area contributed by atoms with E-state index >= 15 is 0 Å². The zero-order valence-electron chi connectivity index (χ0n) is 15.6. The first-order chi connectivity index (χ1) is 11.6. The highest BCUT2D eigenvalue weighted by molar-refractivity contribution is 7.10. The number of hydrogen-bond donors (Lipinski definition) is 2. The van der Waals surface area contributed by atoms with Gasteiger partial charge < -0.3 is 15.4 Å². The maximum Gasteiger partial charge on any atom is 0.228 e. The number of halogens is 2. The highest BCUT2D eigenvalue weighted by Gasteiger charge is 2.39. The molecule has 0 aromatic carbocycles. The van der Waals surface area contributed by atoms with E-state index in [-0.39, 0.29) is 36.1 Å². The predicted molar refractivity (Wildman–Crippen MR) is 112 cm³/mol. The normalized spacial score (nSPS) is 20.2. The minimum absolute atomic E-state index is 0. The number of nitrogens with zero attached hydrogens (tertiary/aromatic N) is 1. The van der Waals surface area contributed by atoms with Crippen LogP contribution in [0.4, 0.5) is 0 Å². The Morgan fingerprint density at radius 1 is 1.42 bits per heavy atom. The maximum absolute atomic E-state index is 12.8. The van der Waals surface area contributed by atoms with E-state index in [0.29, 0.717) is 19.2 Å². The summed E-state index contributed by atoms with van der Waals surface area (Å²) in [5.74, 6) is 0.158. The topological polar surface area (TPSA) is 53.6 Å². The summed E-state index contributed by atoms with van der Waals surface area (Å²) < 4.78 is 5.36. The minimum atomic E-state index is -0.359. The van der Waals surface area contributed by atoms with Gasteiger partial charge >= 0.3 is 0 Å². The lowest BCUT2D eigenvalue weighted by molar-refractivity contribution is -0.136. The number of ether oxygens (including phenoxy) is 1. The molecule has 0 saturated carbocycles. The van der Waals surface area contributed by atoms with Crippen LogP contribution in [0.15, 0.2) is 11.4 Å². The lowest BCUT2D eigenvalue weighted by Crippen LogP contribution is -2.52. The number of carbonyl (C=O) groups excluding carboxylic acids is 1. The second-order valence-electron chi connectivity index (χ2n) is 7.11. The molecule has 1 amide bonds. The number of amides is 1. The first-order valence-corrected chi connectivity index (χ1v) is 9.80. The largest absolute Gasteiger partial charge is 0.384 e. The molecule has 0 radical (unpaired) electrons. The molecule has 0 spiro atoms. The van der Waals surface area contributed by atoms with Crippen molar-refractivity contribution in [3.05, 3.63) is 21.9 Å². The summed E-state index contributed by atoms with van der Waals surface area (Å²) in [5, 5.41) is 8.73. The molecule has 1 aromatic rings. The molecule has 150 valence electrons. The fourth-order valence-corrected chi connectivity index (χ4v) is 4.71. The van der Waals surface area contributed by atoms with Gasteiger partial charge in [0.1, 0.15) is 0 Å². The van der Waals surface area contributed by atoms with Crippen LogP contribution in [0.25, 0.3) is 0 Å². The van der Waals surface area contributed by atoms with Gasteiger partial charge in [0.2, 0.25) is 5.91 Å². The average Bonchev–Trinajstić information content (AvgIpc) is 3.08. The SMILES string of the molecule is COCC1(C(=O)NCC(C)N2CCc3sccc3C2)CCNCC1.Cl.Cl. The molecule has 1 aromatic heterocycles. The van der Waals surface area contributed by atoms with Crippen LogP contribution >= 0.6 is 36.2 Å². The fourth-order valence-electron chi connectivity index (χ4n) is 3.82. The third-order valence-corrected chi connectivity index (χ3v) is 6.50. The molecule has 1 unspecified atom stereocenters. The van der Waals surface area contributed by atoms with Crippen LogP contribution in [-0.2, 0) is 22.5 Å². The molecule has 1 saturated heterocycles. The van der Waals surface area contributed by atoms with E-state index in [1.807, 2.05) is 11.3 Å². The standard InChI is InChI=1S/C18H29N3O2S.2ClH/c1-14(21-9-3-16-15(12-21)4-10-24-16)11-20-17(22)18(13-23-2)5-7-19-8-6-18;;/h4,10,14,19H,3,5-9,11-13H2,1-2H3,(H,20,22);2*1H. The van der Waals surface area contributed by atoms with Crippen molar-refractivity contribution in [1.29, 1.82) is 0 Å². The summed E-state index contributed by atoms with van der Waals surface area (Å²) in [4.78, 5) is 16.8. The Bertz CT molecular complexity index is 559. The van der Waals surface area contributed by atoms with Gasteiger partial charge in [0.05, 0.1) is 12.0 Å². The minimum Gasteiger partial charge on any atom is -0.384 e. The van der Waals surface area contributed by atoms with E-state index in [4.69, 9.17) is 4.74 Å². The third kappa shape index (κ3) is 5.33. The Morgan fingerprint density at radius 3 is 2.85 bits per heavy atom. The van der Waals surface area contributed by atoms with Gasteiger partial charge in [-0.3, -0.25) is 9.69 Å². The highest BCUT2D eigenvalue weighted by Crippen LogP contribution is 2.29. The van der Waals surface area contributed by atoms with Gasteiger partial charge in [-0.15, -0.1) is 36.2 Å². The molecule has 3 heterocycles. The van der Waals surface area contributed by atoms with E-state index < -0.39 is 0 Å². The van der Waals surface area contributed by atoms with Crippen molar-refractivity contribution < 1.29 is 9.53 Å². The van der Waals surface area contributed by atoms with Crippen molar-refractivity contribution in [2.75, 3.05) is 39.9 Å². The summed E-state index contributed by atoms with van der Waals surface area (Å²) in [6.07, 6.45) is 2.83. The zero-order chi connectivity index (χ0) is 17.0. The lowest BCUT2D eigenvalue weighted by atomic mass is 9.78. The van der Waals surface area contributed by atoms with Gasteiger partial charge in [0, 0.05) is 37.7 Å². The Morgan fingerprint density at radius 2 is 2.15 bits per heavy atom. The first kappa shape index (κ1) is 23.7. The van der Waals surface area contributed by atoms with Crippen molar-refractivity contribution in [2.24, 2.45) is 5.41 Å². The van der Waals surface area contributed by atoms with Crippen molar-refractivity contribution in [3.8, 4) is 0 Å². The van der Waals surface area contributed by atoms with Crippen LogP contribution in [-0.4, -0.2) is 56.7 Å². The van der Waals surface area contributed by atoms with Crippen LogP contribution in [0.1, 0.15) is 30.2 Å². The van der Waals surface area contributed by atoms with Crippen LogP contribution in [0.2, 0.25) is 0 Å². The van der Waals surface area contributed by atoms with Gasteiger partial charge in [-0.05, 0) is 56.3 Å². The van der Waals surface area contributed by atoms with Crippen molar-refractivity contribution >= 4 is 42.1 Å². The Labute approximate surface area is 173 Å². The van der Waals surface area contributed by atoms with E-state index in [1.165, 1.54) is 10.4 Å². The maximum atomic E-state index is 12.8. The third-order valence-electron chi connectivity index (χ3n) is 5.48. The summed E-state index contributed by atoms with van der Waals surface area (Å²) in [7, 11) is 1.69. The number of hydrogen-bond acceptors (Lipinski definition) is 5. The summed E-state index contributed by atoms with van der Waals surface area (Å²) in [6.45, 7) is 7.29. The van der Waals surface area contributed by atoms with Gasteiger partial charge in [-0.2, -0.15) is 0 Å². The van der Waals surface area contributed by atoms with Crippen LogP contribution in [0.5, 0.6) is 0 Å². The average molecular weight is 424 g/mol. The monoisotopic (exact) mass is 423 g/mol. The Hall–Kier alpha value is -0.370. The second kappa shape index (κ2) is 10.8. The molecule has 26 heavy (non-hydrogen) atoms. The molecule has 8 heteroatoms. The van der Waals surface area contributed by atoms with E-state index in [0.717, 1.165) is 45.4 Å². The molecule has 0 aliphatic carbocycles. The number of rotatable bonds is 6. The number of fused-ring (bicyclic) bond motifs is 1. The van der Waals surface area contributed by atoms with Gasteiger partial charge in [-0.1, -0.05) is 0 Å². The quantitative estimate of drug-likeness (QED) is 0.737. The summed E-state index contributed by atoms with van der Waals surface area (Å²) in [6, 6.07) is 2.59. The van der Waals surface area contributed by atoms with Crippen LogP contribution in [0, 0.1) is 5.41 Å². The molecule has 5 nitrogen and oxygen atoms in total. The molecule has 1 fully saturated rings. The number of methoxy groups -OCH3 is 1. The smallest absolute Gasteiger partial charge is 0.228 e. The number of carbonyl (C=O) groups is 1. The Kier molecular flexibility index (Phi) is 9.86. The van der Waals surface area contributed by atoms with Gasteiger partial charge in [0.25, 0.3) is 0 Å². The van der Waals surface area contributed by atoms with E-state index in [9.17, 15) is 4.79 Å². The van der Waals surface area contributed by atoms with Gasteiger partial charge in [-0.25, -0.2) is 0 Å².